The van der Waals surface area contributed by atoms with E-state index < -0.39 is 9.84 Å². The lowest BCUT2D eigenvalue weighted by Crippen LogP contribution is -2.38. The van der Waals surface area contributed by atoms with Crippen LogP contribution in [0, 0.1) is 5.92 Å². The molecular weight excluding hydrogens is 288 g/mol. The summed E-state index contributed by atoms with van der Waals surface area (Å²) < 4.78 is 28.9. The third kappa shape index (κ3) is 3.96. The molecule has 1 aromatic rings. The van der Waals surface area contributed by atoms with Crippen LogP contribution in [0.4, 0.5) is 0 Å². The molecule has 1 saturated carbocycles. The maximum atomic E-state index is 11.8. The summed E-state index contributed by atoms with van der Waals surface area (Å²) in [7, 11) is -1.36. The quantitative estimate of drug-likeness (QED) is 0.640. The second-order valence-electron chi connectivity index (χ2n) is 5.80. The van der Waals surface area contributed by atoms with Gasteiger partial charge >= 0.3 is 0 Å². The van der Waals surface area contributed by atoms with E-state index >= 15 is 0 Å². The predicted octanol–water partition coefficient (Wildman–Crippen LogP) is 1.80. The molecule has 21 heavy (non-hydrogen) atoms. The van der Waals surface area contributed by atoms with Crippen LogP contribution in [0.1, 0.15) is 37.3 Å². The zero-order chi connectivity index (χ0) is 15.5. The molecule has 0 spiro atoms. The predicted molar refractivity (Wildman–Crippen MR) is 83.6 cm³/mol. The molecule has 0 bridgehead atoms. The standard InChI is InChI=1S/C15H24N2O3S/c1-20-13-7-3-5-11(9-13)15(17-16)12-6-4-8-14(10-12)21(2,18)19/h3,5,7,9,12,14-15,17H,4,6,8,10,16H2,1-2H3. The van der Waals surface area contributed by atoms with Gasteiger partial charge in [-0.1, -0.05) is 18.6 Å². The van der Waals surface area contributed by atoms with Gasteiger partial charge in [-0.15, -0.1) is 0 Å². The fourth-order valence-corrected chi connectivity index (χ4v) is 4.40. The molecule has 0 amide bonds. The van der Waals surface area contributed by atoms with Gasteiger partial charge in [0.05, 0.1) is 12.4 Å². The largest absolute Gasteiger partial charge is 0.497 e. The molecule has 0 aliphatic heterocycles. The highest BCUT2D eigenvalue weighted by Gasteiger charge is 2.33. The Hall–Kier alpha value is -1.11. The molecule has 0 saturated heterocycles. The number of nitrogens with one attached hydrogen (secondary N) is 1. The lowest BCUT2D eigenvalue weighted by Gasteiger charge is -2.33. The van der Waals surface area contributed by atoms with Gasteiger partial charge in [-0.3, -0.25) is 11.3 Å². The summed E-state index contributed by atoms with van der Waals surface area (Å²) in [5, 5.41) is -0.252. The maximum absolute atomic E-state index is 11.8. The lowest BCUT2D eigenvalue weighted by atomic mass is 9.81. The molecule has 5 nitrogen and oxygen atoms in total. The third-order valence-corrected chi connectivity index (χ3v) is 6.02. The number of hydrogen-bond acceptors (Lipinski definition) is 5. The van der Waals surface area contributed by atoms with Crippen molar-refractivity contribution in [3.05, 3.63) is 29.8 Å². The minimum Gasteiger partial charge on any atom is -0.497 e. The molecule has 118 valence electrons. The molecule has 1 aromatic carbocycles. The Morgan fingerprint density at radius 2 is 2.14 bits per heavy atom. The van der Waals surface area contributed by atoms with Gasteiger partial charge in [0.2, 0.25) is 0 Å². The molecule has 3 atom stereocenters. The van der Waals surface area contributed by atoms with E-state index in [9.17, 15) is 8.42 Å². The van der Waals surface area contributed by atoms with Crippen LogP contribution < -0.4 is 16.0 Å². The smallest absolute Gasteiger partial charge is 0.150 e. The fraction of sp³-hybridized carbons (Fsp3) is 0.600. The molecule has 0 radical (unpaired) electrons. The van der Waals surface area contributed by atoms with Crippen molar-refractivity contribution in [1.82, 2.24) is 5.43 Å². The van der Waals surface area contributed by atoms with Crippen molar-refractivity contribution in [3.63, 3.8) is 0 Å². The number of nitrogens with two attached hydrogens (primary N) is 1. The number of benzene rings is 1. The number of hydrogen-bond donors (Lipinski definition) is 2. The fourth-order valence-electron chi connectivity index (χ4n) is 3.21. The van der Waals surface area contributed by atoms with Gasteiger partial charge in [-0.05, 0) is 42.9 Å². The number of ether oxygens (including phenoxy) is 1. The van der Waals surface area contributed by atoms with Gasteiger partial charge in [0.1, 0.15) is 15.6 Å². The van der Waals surface area contributed by atoms with Crippen molar-refractivity contribution in [1.29, 1.82) is 0 Å². The van der Waals surface area contributed by atoms with E-state index in [0.29, 0.717) is 6.42 Å². The highest BCUT2D eigenvalue weighted by atomic mass is 32.2. The first-order valence-electron chi connectivity index (χ1n) is 7.24. The second kappa shape index (κ2) is 6.77. The summed E-state index contributed by atoms with van der Waals surface area (Å²) in [5.74, 6) is 6.74. The van der Waals surface area contributed by atoms with E-state index in [4.69, 9.17) is 10.6 Å². The number of rotatable bonds is 5. The van der Waals surface area contributed by atoms with E-state index in [1.165, 1.54) is 6.26 Å². The van der Waals surface area contributed by atoms with Gasteiger partial charge < -0.3 is 4.74 Å². The van der Waals surface area contributed by atoms with Crippen molar-refractivity contribution in [3.8, 4) is 5.75 Å². The summed E-state index contributed by atoms with van der Waals surface area (Å²) in [6, 6.07) is 7.71. The van der Waals surface area contributed by atoms with Crippen LogP contribution in [0.5, 0.6) is 5.75 Å². The topological polar surface area (TPSA) is 81.4 Å². The first kappa shape index (κ1) is 16.3. The summed E-state index contributed by atoms with van der Waals surface area (Å²) in [4.78, 5) is 0. The summed E-state index contributed by atoms with van der Waals surface area (Å²) in [5.41, 5.74) is 3.90. The molecular formula is C15H24N2O3S. The van der Waals surface area contributed by atoms with Gasteiger partial charge in [0, 0.05) is 12.3 Å². The average molecular weight is 312 g/mol. The van der Waals surface area contributed by atoms with Crippen LogP contribution in [0.3, 0.4) is 0 Å². The van der Waals surface area contributed by atoms with Crippen LogP contribution in [-0.4, -0.2) is 27.0 Å². The molecule has 1 aliphatic carbocycles. The summed E-state index contributed by atoms with van der Waals surface area (Å²) in [6.07, 6.45) is 4.65. The van der Waals surface area contributed by atoms with E-state index in [-0.39, 0.29) is 17.2 Å². The van der Waals surface area contributed by atoms with E-state index in [1.807, 2.05) is 24.3 Å². The average Bonchev–Trinajstić information content (AvgIpc) is 2.48. The van der Waals surface area contributed by atoms with Crippen LogP contribution >= 0.6 is 0 Å². The van der Waals surface area contributed by atoms with Crippen molar-refractivity contribution < 1.29 is 13.2 Å². The molecule has 1 fully saturated rings. The number of sulfone groups is 1. The van der Waals surface area contributed by atoms with Crippen molar-refractivity contribution in [2.45, 2.75) is 37.0 Å². The van der Waals surface area contributed by atoms with Crippen LogP contribution in [0.2, 0.25) is 0 Å². The van der Waals surface area contributed by atoms with Crippen molar-refractivity contribution in [2.24, 2.45) is 11.8 Å². The highest BCUT2D eigenvalue weighted by Crippen LogP contribution is 2.37. The Kier molecular flexibility index (Phi) is 5.24. The molecule has 1 aliphatic rings. The van der Waals surface area contributed by atoms with E-state index in [0.717, 1.165) is 30.6 Å². The van der Waals surface area contributed by atoms with Crippen molar-refractivity contribution in [2.75, 3.05) is 13.4 Å². The van der Waals surface area contributed by atoms with Gasteiger partial charge in [0.25, 0.3) is 0 Å². The Morgan fingerprint density at radius 1 is 1.38 bits per heavy atom. The third-order valence-electron chi connectivity index (χ3n) is 4.38. The normalized spacial score (nSPS) is 24.5. The first-order chi connectivity index (χ1) is 9.95. The lowest BCUT2D eigenvalue weighted by molar-refractivity contribution is 0.274. The molecule has 0 heterocycles. The Bertz CT molecular complexity index is 574. The number of hydrazine groups is 1. The van der Waals surface area contributed by atoms with Gasteiger partial charge in [-0.25, -0.2) is 8.42 Å². The zero-order valence-corrected chi connectivity index (χ0v) is 13.4. The minimum atomic E-state index is -2.99. The molecule has 3 unspecified atom stereocenters. The number of methoxy groups -OCH3 is 1. The zero-order valence-electron chi connectivity index (χ0n) is 12.6. The minimum absolute atomic E-state index is 0.0513. The van der Waals surface area contributed by atoms with Crippen molar-refractivity contribution >= 4 is 9.84 Å². The Balaban J connectivity index is 2.20. The Morgan fingerprint density at radius 3 is 2.76 bits per heavy atom. The molecule has 0 aromatic heterocycles. The molecule has 2 rings (SSSR count). The second-order valence-corrected chi connectivity index (χ2v) is 8.12. The van der Waals surface area contributed by atoms with Gasteiger partial charge in [0.15, 0.2) is 0 Å². The Labute approximate surface area is 126 Å². The van der Waals surface area contributed by atoms with Crippen LogP contribution in [-0.2, 0) is 9.84 Å². The SMILES string of the molecule is COc1cccc(C(NN)C2CCCC(S(C)(=O)=O)C2)c1. The first-order valence-corrected chi connectivity index (χ1v) is 9.20. The summed E-state index contributed by atoms with van der Waals surface area (Å²) in [6.45, 7) is 0. The van der Waals surface area contributed by atoms with Crippen LogP contribution in [0.15, 0.2) is 24.3 Å². The van der Waals surface area contributed by atoms with Gasteiger partial charge in [-0.2, -0.15) is 0 Å². The molecule has 6 heteroatoms. The van der Waals surface area contributed by atoms with Crippen LogP contribution in [0.25, 0.3) is 0 Å². The summed E-state index contributed by atoms with van der Waals surface area (Å²) >= 11 is 0. The maximum Gasteiger partial charge on any atom is 0.150 e. The highest BCUT2D eigenvalue weighted by molar-refractivity contribution is 7.91. The van der Waals surface area contributed by atoms with E-state index in [1.54, 1.807) is 7.11 Å². The van der Waals surface area contributed by atoms with E-state index in [2.05, 4.69) is 5.43 Å². The molecule has 3 N–H and O–H groups in total. The monoisotopic (exact) mass is 312 g/mol.